The van der Waals surface area contributed by atoms with Gasteiger partial charge in [-0.05, 0) is 38.7 Å². The summed E-state index contributed by atoms with van der Waals surface area (Å²) in [5.41, 5.74) is 6.43. The van der Waals surface area contributed by atoms with E-state index in [0.29, 0.717) is 18.3 Å². The van der Waals surface area contributed by atoms with Crippen molar-refractivity contribution in [3.8, 4) is 17.7 Å². The Morgan fingerprint density at radius 1 is 1.17 bits per heavy atom. The summed E-state index contributed by atoms with van der Waals surface area (Å²) in [7, 11) is 0. The van der Waals surface area contributed by atoms with Crippen molar-refractivity contribution in [1.29, 1.82) is 0 Å². The predicted octanol–water partition coefficient (Wildman–Crippen LogP) is 5.64. The second-order valence-corrected chi connectivity index (χ2v) is 7.20. The van der Waals surface area contributed by atoms with E-state index < -0.39 is 0 Å². The van der Waals surface area contributed by atoms with Gasteiger partial charge in [0.1, 0.15) is 0 Å². The number of aromatic nitrogens is 1. The Morgan fingerprint density at radius 3 is 2.67 bits per heavy atom. The molecule has 0 spiro atoms. The molecule has 30 heavy (non-hydrogen) atoms. The van der Waals surface area contributed by atoms with Crippen LogP contribution in [0.3, 0.4) is 0 Å². The average Bonchev–Trinajstić information content (AvgIpc) is 2.73. The van der Waals surface area contributed by atoms with Gasteiger partial charge < -0.3 is 9.64 Å². The summed E-state index contributed by atoms with van der Waals surface area (Å²) >= 11 is 0. The molecule has 0 unspecified atom stereocenters. The minimum Gasteiger partial charge on any atom is -0.478 e. The van der Waals surface area contributed by atoms with Crippen LogP contribution in [0.15, 0.2) is 41.5 Å². The third-order valence-corrected chi connectivity index (χ3v) is 4.45. The number of nitrogens with zero attached hydrogens (tertiary/aromatic N) is 3. The number of ether oxygens (including phenoxy) is 1. The van der Waals surface area contributed by atoms with E-state index in [0.717, 1.165) is 50.0 Å². The van der Waals surface area contributed by atoms with Gasteiger partial charge in [-0.1, -0.05) is 43.7 Å². The number of aryl methyl sites for hydroxylation is 1. The average molecular weight is 407 g/mol. The number of hydrogen-bond acceptors (Lipinski definition) is 5. The third-order valence-electron chi connectivity index (χ3n) is 4.45. The van der Waals surface area contributed by atoms with E-state index in [-0.39, 0.29) is 0 Å². The molecule has 1 N–H and O–H groups in total. The SMILES string of the molecule is CC#CCCCOc1cc(N(CCC)CCC)cc(N/N=C/c2cccc(C)c2)n1. The van der Waals surface area contributed by atoms with E-state index in [1.807, 2.05) is 31.2 Å². The van der Waals surface area contributed by atoms with Gasteiger partial charge in [0, 0.05) is 37.3 Å². The monoisotopic (exact) mass is 406 g/mol. The lowest BCUT2D eigenvalue weighted by Crippen LogP contribution is -2.25. The van der Waals surface area contributed by atoms with E-state index >= 15 is 0 Å². The molecule has 0 aliphatic carbocycles. The van der Waals surface area contributed by atoms with E-state index in [4.69, 9.17) is 4.74 Å². The van der Waals surface area contributed by atoms with Gasteiger partial charge in [0.2, 0.25) is 5.88 Å². The molecular formula is C25H34N4O. The molecule has 1 aromatic heterocycles. The molecule has 0 atom stereocenters. The molecule has 2 rings (SSSR count). The van der Waals surface area contributed by atoms with Crippen LogP contribution in [0.5, 0.6) is 5.88 Å². The van der Waals surface area contributed by atoms with Gasteiger partial charge in [0.25, 0.3) is 0 Å². The van der Waals surface area contributed by atoms with Gasteiger partial charge in [-0.15, -0.1) is 11.8 Å². The van der Waals surface area contributed by atoms with Crippen LogP contribution in [0.25, 0.3) is 0 Å². The molecule has 0 aliphatic heterocycles. The van der Waals surface area contributed by atoms with E-state index in [1.165, 1.54) is 5.56 Å². The Morgan fingerprint density at radius 2 is 1.97 bits per heavy atom. The number of nitrogens with one attached hydrogen (secondary N) is 1. The molecule has 0 aliphatic rings. The normalized spacial score (nSPS) is 10.5. The van der Waals surface area contributed by atoms with Crippen molar-refractivity contribution < 1.29 is 4.74 Å². The van der Waals surface area contributed by atoms with Crippen LogP contribution in [-0.2, 0) is 0 Å². The Balaban J connectivity index is 2.17. The smallest absolute Gasteiger partial charge is 0.217 e. The lowest BCUT2D eigenvalue weighted by molar-refractivity contribution is 0.301. The van der Waals surface area contributed by atoms with Gasteiger partial charge in [-0.3, -0.25) is 5.43 Å². The summed E-state index contributed by atoms with van der Waals surface area (Å²) in [6.07, 6.45) is 5.70. The van der Waals surface area contributed by atoms with Crippen molar-refractivity contribution in [2.24, 2.45) is 5.10 Å². The maximum absolute atomic E-state index is 5.92. The number of anilines is 2. The number of benzene rings is 1. The molecule has 0 saturated heterocycles. The Hall–Kier alpha value is -3.00. The molecule has 5 nitrogen and oxygen atoms in total. The van der Waals surface area contributed by atoms with Crippen LogP contribution in [-0.4, -0.2) is 30.9 Å². The lowest BCUT2D eigenvalue weighted by Gasteiger charge is -2.24. The summed E-state index contributed by atoms with van der Waals surface area (Å²) < 4.78 is 5.92. The van der Waals surface area contributed by atoms with Crippen molar-refractivity contribution in [2.45, 2.75) is 53.4 Å². The van der Waals surface area contributed by atoms with Crippen molar-refractivity contribution in [1.82, 2.24) is 4.98 Å². The highest BCUT2D eigenvalue weighted by Crippen LogP contribution is 2.25. The second kappa shape index (κ2) is 13.3. The zero-order chi connectivity index (χ0) is 21.6. The Kier molecular flexibility index (Phi) is 10.3. The third kappa shape index (κ3) is 8.16. The van der Waals surface area contributed by atoms with Gasteiger partial charge in [-0.25, -0.2) is 0 Å². The van der Waals surface area contributed by atoms with Crippen LogP contribution < -0.4 is 15.1 Å². The molecule has 0 saturated carbocycles. The van der Waals surface area contributed by atoms with Crippen molar-refractivity contribution >= 4 is 17.7 Å². The fourth-order valence-corrected chi connectivity index (χ4v) is 3.10. The lowest BCUT2D eigenvalue weighted by atomic mass is 10.2. The summed E-state index contributed by atoms with van der Waals surface area (Å²) in [4.78, 5) is 6.96. The molecule has 1 aromatic carbocycles. The van der Waals surface area contributed by atoms with E-state index in [1.54, 1.807) is 6.21 Å². The standard InChI is InChI=1S/C25H34N4O/c1-5-8-9-10-16-30-25-19-23(29(14-6-2)15-7-3)18-24(27-25)28-26-20-22-13-11-12-21(4)17-22/h11-13,17-20H,6-7,9-10,14-16H2,1-4H3,(H,27,28)/b26-20+. The molecule has 1 heterocycles. The van der Waals surface area contributed by atoms with E-state index in [2.05, 4.69) is 65.2 Å². The van der Waals surface area contributed by atoms with Gasteiger partial charge in [-0.2, -0.15) is 10.1 Å². The van der Waals surface area contributed by atoms with Gasteiger partial charge >= 0.3 is 0 Å². The molecule has 2 aromatic rings. The van der Waals surface area contributed by atoms with Crippen LogP contribution in [0.2, 0.25) is 0 Å². The Bertz CT molecular complexity index is 861. The largest absolute Gasteiger partial charge is 0.478 e. The first kappa shape index (κ1) is 23.3. The van der Waals surface area contributed by atoms with Crippen molar-refractivity contribution in [2.75, 3.05) is 30.0 Å². The van der Waals surface area contributed by atoms with Crippen molar-refractivity contribution in [3.05, 3.63) is 47.5 Å². The maximum Gasteiger partial charge on any atom is 0.217 e. The zero-order valence-corrected chi connectivity index (χ0v) is 18.7. The van der Waals surface area contributed by atoms with Crippen molar-refractivity contribution in [3.63, 3.8) is 0 Å². The first-order valence-electron chi connectivity index (χ1n) is 10.8. The summed E-state index contributed by atoms with van der Waals surface area (Å²) in [5, 5.41) is 4.38. The summed E-state index contributed by atoms with van der Waals surface area (Å²) in [6, 6.07) is 12.3. The van der Waals surface area contributed by atoms with Crippen LogP contribution in [0, 0.1) is 18.8 Å². The maximum atomic E-state index is 5.92. The first-order chi connectivity index (χ1) is 14.7. The molecule has 5 heteroatoms. The fourth-order valence-electron chi connectivity index (χ4n) is 3.10. The minimum absolute atomic E-state index is 0.596. The topological polar surface area (TPSA) is 49.8 Å². The number of rotatable bonds is 12. The second-order valence-electron chi connectivity index (χ2n) is 7.20. The number of unbranched alkanes of at least 4 members (excludes halogenated alkanes) is 1. The highest BCUT2D eigenvalue weighted by Gasteiger charge is 2.10. The number of hydrazone groups is 1. The van der Waals surface area contributed by atoms with Crippen LogP contribution in [0.1, 0.15) is 57.6 Å². The van der Waals surface area contributed by atoms with Crippen LogP contribution in [0.4, 0.5) is 11.5 Å². The molecular weight excluding hydrogens is 372 g/mol. The highest BCUT2D eigenvalue weighted by molar-refractivity contribution is 5.80. The Labute approximate surface area is 181 Å². The molecule has 160 valence electrons. The highest BCUT2D eigenvalue weighted by atomic mass is 16.5. The number of hydrogen-bond donors (Lipinski definition) is 1. The first-order valence-corrected chi connectivity index (χ1v) is 10.8. The number of pyridine rings is 1. The fraction of sp³-hybridized carbons (Fsp3) is 0.440. The zero-order valence-electron chi connectivity index (χ0n) is 18.7. The summed E-state index contributed by atoms with van der Waals surface area (Å²) in [5.74, 6) is 7.27. The predicted molar refractivity (Wildman–Crippen MR) is 128 cm³/mol. The molecule has 0 amide bonds. The summed E-state index contributed by atoms with van der Waals surface area (Å²) in [6.45, 7) is 10.9. The van der Waals surface area contributed by atoms with Gasteiger partial charge in [0.05, 0.1) is 12.8 Å². The molecule has 0 fully saturated rings. The quantitative estimate of drug-likeness (QED) is 0.214. The van der Waals surface area contributed by atoms with E-state index in [9.17, 15) is 0 Å². The minimum atomic E-state index is 0.596. The van der Waals surface area contributed by atoms with Gasteiger partial charge in [0.15, 0.2) is 5.82 Å². The van der Waals surface area contributed by atoms with Crippen LogP contribution >= 0.6 is 0 Å². The molecule has 0 radical (unpaired) electrons. The molecule has 0 bridgehead atoms.